The van der Waals surface area contributed by atoms with Crippen molar-refractivity contribution in [2.45, 2.75) is 6.42 Å². The normalized spacial score (nSPS) is 13.2. The first-order valence-electron chi connectivity index (χ1n) is 7.29. The zero-order valence-corrected chi connectivity index (χ0v) is 12.2. The van der Waals surface area contributed by atoms with Gasteiger partial charge in [-0.25, -0.2) is 4.52 Å². The van der Waals surface area contributed by atoms with Gasteiger partial charge in [0.15, 0.2) is 11.5 Å². The molecular formula is C17H14N2O4. The number of para-hydroxylation sites is 1. The first kappa shape index (κ1) is 13.6. The summed E-state index contributed by atoms with van der Waals surface area (Å²) in [6, 6.07) is 9.62. The average Bonchev–Trinajstić information content (AvgIpc) is 2.96. The Hall–Kier alpha value is -3.02. The number of carbonyl (C=O) groups is 1. The molecule has 0 spiro atoms. The molecule has 3 aromatic rings. The van der Waals surface area contributed by atoms with Crippen LogP contribution in [0.1, 0.15) is 5.56 Å². The summed E-state index contributed by atoms with van der Waals surface area (Å²) in [6.45, 7) is 1.06. The Balaban J connectivity index is 1.85. The third-order valence-corrected chi connectivity index (χ3v) is 3.82. The van der Waals surface area contributed by atoms with E-state index in [0.717, 1.165) is 28.1 Å². The van der Waals surface area contributed by atoms with E-state index in [4.69, 9.17) is 14.6 Å². The Bertz CT molecular complexity index is 901. The second-order valence-electron chi connectivity index (χ2n) is 5.32. The summed E-state index contributed by atoms with van der Waals surface area (Å²) in [5, 5.41) is 13.2. The van der Waals surface area contributed by atoms with Crippen LogP contribution in [-0.2, 0) is 11.2 Å². The standard InChI is InChI=1S/C17H14N2O4/c20-16(21)9-12-10-18-19-5-4-11(8-14(12)19)13-2-1-3-15-17(13)23-7-6-22-15/h1-5,8,10H,6-7,9H2,(H,20,21). The van der Waals surface area contributed by atoms with Crippen LogP contribution in [0, 0.1) is 0 Å². The molecule has 6 nitrogen and oxygen atoms in total. The van der Waals surface area contributed by atoms with Crippen molar-refractivity contribution >= 4 is 11.5 Å². The molecule has 0 radical (unpaired) electrons. The van der Waals surface area contributed by atoms with Crippen molar-refractivity contribution in [1.82, 2.24) is 9.61 Å². The Labute approximate surface area is 131 Å². The number of carboxylic acid groups (broad SMARTS) is 1. The molecule has 0 amide bonds. The van der Waals surface area contributed by atoms with E-state index in [9.17, 15) is 4.79 Å². The van der Waals surface area contributed by atoms with Crippen LogP contribution in [0.4, 0.5) is 0 Å². The highest BCUT2D eigenvalue weighted by atomic mass is 16.6. The van der Waals surface area contributed by atoms with Gasteiger partial charge >= 0.3 is 5.97 Å². The fraction of sp³-hybridized carbons (Fsp3) is 0.176. The van der Waals surface area contributed by atoms with Crippen LogP contribution >= 0.6 is 0 Å². The molecule has 4 rings (SSSR count). The van der Waals surface area contributed by atoms with Crippen molar-refractivity contribution in [2.75, 3.05) is 13.2 Å². The Morgan fingerprint density at radius 1 is 1.26 bits per heavy atom. The number of nitrogens with zero attached hydrogens (tertiary/aromatic N) is 2. The number of benzene rings is 1. The van der Waals surface area contributed by atoms with E-state index in [-0.39, 0.29) is 6.42 Å². The lowest BCUT2D eigenvalue weighted by molar-refractivity contribution is -0.136. The van der Waals surface area contributed by atoms with E-state index in [1.165, 1.54) is 0 Å². The first-order chi connectivity index (χ1) is 11.2. The molecule has 1 aliphatic heterocycles. The molecule has 3 heterocycles. The van der Waals surface area contributed by atoms with E-state index in [2.05, 4.69) is 5.10 Å². The second-order valence-corrected chi connectivity index (χ2v) is 5.32. The Morgan fingerprint density at radius 3 is 3.00 bits per heavy atom. The van der Waals surface area contributed by atoms with Crippen LogP contribution in [0.15, 0.2) is 42.7 Å². The molecule has 23 heavy (non-hydrogen) atoms. The molecule has 1 aliphatic rings. The maximum atomic E-state index is 11.0. The van der Waals surface area contributed by atoms with E-state index >= 15 is 0 Å². The third kappa shape index (κ3) is 2.38. The molecule has 6 heteroatoms. The highest BCUT2D eigenvalue weighted by Gasteiger charge is 2.17. The van der Waals surface area contributed by atoms with Gasteiger partial charge in [-0.05, 0) is 23.8 Å². The molecule has 0 atom stereocenters. The summed E-state index contributed by atoms with van der Waals surface area (Å²) < 4.78 is 13.0. The van der Waals surface area contributed by atoms with Gasteiger partial charge in [-0.2, -0.15) is 5.10 Å². The quantitative estimate of drug-likeness (QED) is 0.804. The molecule has 0 aliphatic carbocycles. The summed E-state index contributed by atoms with van der Waals surface area (Å²) in [5.74, 6) is 0.578. The maximum Gasteiger partial charge on any atom is 0.307 e. The Morgan fingerprint density at radius 2 is 2.13 bits per heavy atom. The van der Waals surface area contributed by atoms with Crippen molar-refractivity contribution in [1.29, 1.82) is 0 Å². The molecule has 0 unspecified atom stereocenters. The highest BCUT2D eigenvalue weighted by Crippen LogP contribution is 2.40. The largest absolute Gasteiger partial charge is 0.486 e. The van der Waals surface area contributed by atoms with E-state index in [0.29, 0.717) is 18.8 Å². The minimum absolute atomic E-state index is 0.0561. The molecule has 116 valence electrons. The smallest absolute Gasteiger partial charge is 0.307 e. The van der Waals surface area contributed by atoms with Crippen LogP contribution in [-0.4, -0.2) is 33.9 Å². The summed E-state index contributed by atoms with van der Waals surface area (Å²) in [5.41, 5.74) is 3.32. The molecule has 0 fully saturated rings. The summed E-state index contributed by atoms with van der Waals surface area (Å²) >= 11 is 0. The number of rotatable bonds is 3. The van der Waals surface area contributed by atoms with Gasteiger partial charge in [-0.1, -0.05) is 12.1 Å². The number of aromatic nitrogens is 2. The molecular weight excluding hydrogens is 296 g/mol. The van der Waals surface area contributed by atoms with Gasteiger partial charge in [0, 0.05) is 17.3 Å². The minimum Gasteiger partial charge on any atom is -0.486 e. The number of carboxylic acids is 1. The first-order valence-corrected chi connectivity index (χ1v) is 7.29. The van der Waals surface area contributed by atoms with Crippen LogP contribution in [0.2, 0.25) is 0 Å². The third-order valence-electron chi connectivity index (χ3n) is 3.82. The van der Waals surface area contributed by atoms with Crippen molar-refractivity contribution in [3.63, 3.8) is 0 Å². The number of hydrogen-bond donors (Lipinski definition) is 1. The lowest BCUT2D eigenvalue weighted by Crippen LogP contribution is -2.15. The monoisotopic (exact) mass is 310 g/mol. The zero-order chi connectivity index (χ0) is 15.8. The molecule has 1 aromatic carbocycles. The predicted molar refractivity (Wildman–Crippen MR) is 83.0 cm³/mol. The summed E-state index contributed by atoms with van der Waals surface area (Å²) in [4.78, 5) is 11.0. The predicted octanol–water partition coefficient (Wildman–Crippen LogP) is 2.40. The number of pyridine rings is 1. The van der Waals surface area contributed by atoms with Crippen molar-refractivity contribution < 1.29 is 19.4 Å². The van der Waals surface area contributed by atoms with Crippen molar-refractivity contribution in [2.24, 2.45) is 0 Å². The van der Waals surface area contributed by atoms with Gasteiger partial charge in [-0.15, -0.1) is 0 Å². The molecule has 0 saturated heterocycles. The topological polar surface area (TPSA) is 73.1 Å². The van der Waals surface area contributed by atoms with E-state index in [1.54, 1.807) is 10.7 Å². The van der Waals surface area contributed by atoms with Gasteiger partial charge in [0.2, 0.25) is 0 Å². The number of fused-ring (bicyclic) bond motifs is 2. The van der Waals surface area contributed by atoms with Crippen LogP contribution in [0.25, 0.3) is 16.6 Å². The van der Waals surface area contributed by atoms with E-state index < -0.39 is 5.97 Å². The van der Waals surface area contributed by atoms with Crippen molar-refractivity contribution in [3.8, 4) is 22.6 Å². The van der Waals surface area contributed by atoms with Gasteiger partial charge in [0.1, 0.15) is 13.2 Å². The van der Waals surface area contributed by atoms with Gasteiger partial charge < -0.3 is 14.6 Å². The second kappa shape index (κ2) is 5.31. The number of ether oxygens (including phenoxy) is 2. The minimum atomic E-state index is -0.876. The van der Waals surface area contributed by atoms with Crippen LogP contribution in [0.3, 0.4) is 0 Å². The van der Waals surface area contributed by atoms with Crippen LogP contribution < -0.4 is 9.47 Å². The highest BCUT2D eigenvalue weighted by molar-refractivity contribution is 5.79. The maximum absolute atomic E-state index is 11.0. The molecule has 2 aromatic heterocycles. The fourth-order valence-corrected chi connectivity index (χ4v) is 2.80. The zero-order valence-electron chi connectivity index (χ0n) is 12.2. The molecule has 0 bridgehead atoms. The van der Waals surface area contributed by atoms with Crippen molar-refractivity contribution in [3.05, 3.63) is 48.3 Å². The van der Waals surface area contributed by atoms with Gasteiger partial charge in [0.05, 0.1) is 18.1 Å². The SMILES string of the molecule is O=C(O)Cc1cnn2ccc(-c3cccc4c3OCCO4)cc12. The summed E-state index contributed by atoms with van der Waals surface area (Å²) in [6.07, 6.45) is 3.35. The molecule has 1 N–H and O–H groups in total. The van der Waals surface area contributed by atoms with Crippen LogP contribution in [0.5, 0.6) is 11.5 Å². The number of hydrogen-bond acceptors (Lipinski definition) is 4. The lowest BCUT2D eigenvalue weighted by atomic mass is 10.0. The Kier molecular flexibility index (Phi) is 3.15. The number of aliphatic carboxylic acids is 1. The average molecular weight is 310 g/mol. The van der Waals surface area contributed by atoms with Gasteiger partial charge in [-0.3, -0.25) is 4.79 Å². The van der Waals surface area contributed by atoms with E-state index in [1.807, 2.05) is 36.5 Å². The fourth-order valence-electron chi connectivity index (χ4n) is 2.80. The summed E-state index contributed by atoms with van der Waals surface area (Å²) in [7, 11) is 0. The lowest BCUT2D eigenvalue weighted by Gasteiger charge is -2.21. The molecule has 0 saturated carbocycles. The van der Waals surface area contributed by atoms with Gasteiger partial charge in [0.25, 0.3) is 0 Å².